The molecule has 2 aromatic rings. The van der Waals surface area contributed by atoms with Gasteiger partial charge in [-0.05, 0) is 23.8 Å². The van der Waals surface area contributed by atoms with E-state index in [9.17, 15) is 4.39 Å². The smallest absolute Gasteiger partial charge is 0.165 e. The van der Waals surface area contributed by atoms with Gasteiger partial charge in [0, 0.05) is 33.4 Å². The average Bonchev–Trinajstić information content (AvgIpc) is 2.88. The van der Waals surface area contributed by atoms with Crippen LogP contribution >= 0.6 is 0 Å². The Kier molecular flexibility index (Phi) is 5.71. The zero-order valence-electron chi connectivity index (χ0n) is 12.3. The second kappa shape index (κ2) is 7.75. The molecule has 0 bridgehead atoms. The van der Waals surface area contributed by atoms with Crippen molar-refractivity contribution in [2.24, 2.45) is 7.05 Å². The van der Waals surface area contributed by atoms with Crippen LogP contribution in [-0.2, 0) is 24.9 Å². The molecule has 1 heterocycles. The van der Waals surface area contributed by atoms with Gasteiger partial charge in [0.05, 0.1) is 12.3 Å². The number of hydrogen-bond acceptors (Lipinski definition) is 4. The number of rotatable bonds is 8. The fraction of sp³-hybridized carbons (Fsp3) is 0.400. The van der Waals surface area contributed by atoms with Crippen molar-refractivity contribution >= 4 is 0 Å². The molecule has 5 nitrogen and oxygen atoms in total. The van der Waals surface area contributed by atoms with Gasteiger partial charge in [-0.2, -0.15) is 5.10 Å². The molecular weight excluding hydrogens is 273 g/mol. The fourth-order valence-electron chi connectivity index (χ4n) is 1.87. The molecular formula is C15H20FN3O2. The maximum Gasteiger partial charge on any atom is 0.165 e. The van der Waals surface area contributed by atoms with E-state index in [2.05, 4.69) is 10.4 Å². The molecule has 0 spiro atoms. The first-order valence-electron chi connectivity index (χ1n) is 6.78. The van der Waals surface area contributed by atoms with Crippen molar-refractivity contribution in [3.8, 4) is 5.75 Å². The fourth-order valence-corrected chi connectivity index (χ4v) is 1.87. The van der Waals surface area contributed by atoms with E-state index in [-0.39, 0.29) is 18.2 Å². The van der Waals surface area contributed by atoms with Crippen molar-refractivity contribution in [1.82, 2.24) is 15.1 Å². The summed E-state index contributed by atoms with van der Waals surface area (Å²) in [7, 11) is 3.48. The Bertz CT molecular complexity index is 572. The number of nitrogens with zero attached hydrogens (tertiary/aromatic N) is 2. The normalized spacial score (nSPS) is 10.8. The van der Waals surface area contributed by atoms with Crippen molar-refractivity contribution in [3.63, 3.8) is 0 Å². The standard InChI is InChI=1S/C15H20FN3O2/c1-19-7-5-13(18-19)11-21-15-4-3-12(9-14(15)16)10-17-6-8-20-2/h3-5,7,9,17H,6,8,10-11H2,1-2H3. The Morgan fingerprint density at radius 3 is 2.86 bits per heavy atom. The monoisotopic (exact) mass is 293 g/mol. The Labute approximate surface area is 123 Å². The van der Waals surface area contributed by atoms with Crippen LogP contribution in [0, 0.1) is 5.82 Å². The minimum absolute atomic E-state index is 0.237. The minimum atomic E-state index is -0.364. The van der Waals surface area contributed by atoms with Crippen molar-refractivity contribution in [2.75, 3.05) is 20.3 Å². The number of halogens is 1. The highest BCUT2D eigenvalue weighted by Gasteiger charge is 2.06. The highest BCUT2D eigenvalue weighted by atomic mass is 19.1. The van der Waals surface area contributed by atoms with Crippen LogP contribution in [0.1, 0.15) is 11.3 Å². The molecule has 0 radical (unpaired) electrons. The Morgan fingerprint density at radius 2 is 2.19 bits per heavy atom. The highest BCUT2D eigenvalue weighted by molar-refractivity contribution is 5.29. The van der Waals surface area contributed by atoms with Crippen molar-refractivity contribution < 1.29 is 13.9 Å². The van der Waals surface area contributed by atoms with Gasteiger partial charge in [-0.25, -0.2) is 4.39 Å². The molecule has 0 saturated heterocycles. The summed E-state index contributed by atoms with van der Waals surface area (Å²) in [6, 6.07) is 6.81. The molecule has 0 amide bonds. The van der Waals surface area contributed by atoms with Gasteiger partial charge in [-0.1, -0.05) is 6.07 Å². The summed E-state index contributed by atoms with van der Waals surface area (Å²) in [5.74, 6) is -0.127. The Balaban J connectivity index is 1.86. The van der Waals surface area contributed by atoms with Crippen LogP contribution in [0.2, 0.25) is 0 Å². The average molecular weight is 293 g/mol. The molecule has 0 saturated carbocycles. The number of aromatic nitrogens is 2. The summed E-state index contributed by atoms with van der Waals surface area (Å²) in [5.41, 5.74) is 1.64. The SMILES string of the molecule is COCCNCc1ccc(OCc2ccn(C)n2)c(F)c1. The lowest BCUT2D eigenvalue weighted by atomic mass is 10.2. The summed E-state index contributed by atoms with van der Waals surface area (Å²) in [6.45, 7) is 2.22. The molecule has 1 N–H and O–H groups in total. The number of hydrogen-bond donors (Lipinski definition) is 1. The number of nitrogens with one attached hydrogen (secondary N) is 1. The molecule has 0 atom stereocenters. The first-order valence-corrected chi connectivity index (χ1v) is 6.78. The van der Waals surface area contributed by atoms with Crippen LogP contribution in [0.5, 0.6) is 5.75 Å². The number of methoxy groups -OCH3 is 1. The topological polar surface area (TPSA) is 48.3 Å². The van der Waals surface area contributed by atoms with Crippen LogP contribution in [0.25, 0.3) is 0 Å². The van der Waals surface area contributed by atoms with Crippen LogP contribution < -0.4 is 10.1 Å². The Hall–Kier alpha value is -1.92. The summed E-state index contributed by atoms with van der Waals surface area (Å²) in [4.78, 5) is 0. The summed E-state index contributed by atoms with van der Waals surface area (Å²) in [5, 5.41) is 7.34. The van der Waals surface area contributed by atoms with Crippen LogP contribution in [0.4, 0.5) is 4.39 Å². The molecule has 2 rings (SSSR count). The van der Waals surface area contributed by atoms with Crippen LogP contribution in [0.15, 0.2) is 30.5 Å². The van der Waals surface area contributed by atoms with E-state index in [0.29, 0.717) is 13.2 Å². The summed E-state index contributed by atoms with van der Waals surface area (Å²) < 4.78 is 26.0. The van der Waals surface area contributed by atoms with E-state index in [4.69, 9.17) is 9.47 Å². The lowest BCUT2D eigenvalue weighted by Crippen LogP contribution is -2.18. The molecule has 1 aromatic heterocycles. The van der Waals surface area contributed by atoms with Gasteiger partial charge in [-0.15, -0.1) is 0 Å². The van der Waals surface area contributed by atoms with E-state index in [1.807, 2.05) is 25.4 Å². The number of benzene rings is 1. The van der Waals surface area contributed by atoms with E-state index in [0.717, 1.165) is 17.8 Å². The molecule has 1 aromatic carbocycles. The second-order valence-corrected chi connectivity index (χ2v) is 4.70. The van der Waals surface area contributed by atoms with E-state index >= 15 is 0 Å². The molecule has 114 valence electrons. The third kappa shape index (κ3) is 4.84. The van der Waals surface area contributed by atoms with E-state index < -0.39 is 0 Å². The lowest BCUT2D eigenvalue weighted by Gasteiger charge is -2.08. The first kappa shape index (κ1) is 15.5. The van der Waals surface area contributed by atoms with Gasteiger partial charge in [-0.3, -0.25) is 4.68 Å². The lowest BCUT2D eigenvalue weighted by molar-refractivity contribution is 0.199. The first-order chi connectivity index (χ1) is 10.2. The zero-order valence-corrected chi connectivity index (χ0v) is 12.3. The second-order valence-electron chi connectivity index (χ2n) is 4.70. The molecule has 0 aliphatic rings. The van der Waals surface area contributed by atoms with Gasteiger partial charge in [0.2, 0.25) is 0 Å². The van der Waals surface area contributed by atoms with Gasteiger partial charge in [0.1, 0.15) is 6.61 Å². The summed E-state index contributed by atoms with van der Waals surface area (Å²) in [6.07, 6.45) is 1.82. The molecule has 6 heteroatoms. The van der Waals surface area contributed by atoms with Gasteiger partial charge in [0.15, 0.2) is 11.6 Å². The largest absolute Gasteiger partial charge is 0.484 e. The predicted molar refractivity (Wildman–Crippen MR) is 77.5 cm³/mol. The van der Waals surface area contributed by atoms with Gasteiger partial charge < -0.3 is 14.8 Å². The third-order valence-electron chi connectivity index (χ3n) is 2.95. The Morgan fingerprint density at radius 1 is 1.33 bits per heavy atom. The maximum absolute atomic E-state index is 13.9. The van der Waals surface area contributed by atoms with Crippen molar-refractivity contribution in [1.29, 1.82) is 0 Å². The quantitative estimate of drug-likeness (QED) is 0.755. The maximum atomic E-state index is 13.9. The molecule has 0 fully saturated rings. The van der Waals surface area contributed by atoms with Gasteiger partial charge >= 0.3 is 0 Å². The van der Waals surface area contributed by atoms with E-state index in [1.165, 1.54) is 6.07 Å². The minimum Gasteiger partial charge on any atom is -0.484 e. The molecule has 0 unspecified atom stereocenters. The third-order valence-corrected chi connectivity index (χ3v) is 2.95. The van der Waals surface area contributed by atoms with Gasteiger partial charge in [0.25, 0.3) is 0 Å². The zero-order chi connectivity index (χ0) is 15.1. The van der Waals surface area contributed by atoms with Crippen LogP contribution in [0.3, 0.4) is 0 Å². The summed E-state index contributed by atoms with van der Waals surface area (Å²) >= 11 is 0. The van der Waals surface area contributed by atoms with E-state index in [1.54, 1.807) is 17.9 Å². The highest BCUT2D eigenvalue weighted by Crippen LogP contribution is 2.19. The number of aryl methyl sites for hydroxylation is 1. The van der Waals surface area contributed by atoms with Crippen molar-refractivity contribution in [2.45, 2.75) is 13.2 Å². The van der Waals surface area contributed by atoms with Crippen molar-refractivity contribution in [3.05, 3.63) is 47.5 Å². The number of ether oxygens (including phenoxy) is 2. The predicted octanol–water partition coefficient (Wildman–Crippen LogP) is 1.87. The molecule has 21 heavy (non-hydrogen) atoms. The molecule has 0 aliphatic carbocycles. The van der Waals surface area contributed by atoms with Crippen LogP contribution in [-0.4, -0.2) is 30.0 Å². The molecule has 0 aliphatic heterocycles.